The second-order valence-electron chi connectivity index (χ2n) is 7.29. The van der Waals surface area contributed by atoms with Gasteiger partial charge in [-0.05, 0) is 33.3 Å². The number of alkyl carbamates (subject to hydrolysis) is 1. The molecule has 152 valence electrons. The second-order valence-corrected chi connectivity index (χ2v) is 7.29. The average molecular weight is 490 g/mol. The quantitative estimate of drug-likeness (QED) is 0.386. The molecule has 8 heteroatoms. The van der Waals surface area contributed by atoms with Crippen molar-refractivity contribution in [1.82, 2.24) is 15.5 Å². The van der Waals surface area contributed by atoms with Gasteiger partial charge in [-0.25, -0.2) is 4.79 Å². The highest BCUT2D eigenvalue weighted by Gasteiger charge is 2.27. The van der Waals surface area contributed by atoms with Gasteiger partial charge in [-0.2, -0.15) is 0 Å². The van der Waals surface area contributed by atoms with Gasteiger partial charge in [0.1, 0.15) is 11.4 Å². The van der Waals surface area contributed by atoms with E-state index in [2.05, 4.69) is 20.5 Å². The largest absolute Gasteiger partial charge is 0.496 e. The summed E-state index contributed by atoms with van der Waals surface area (Å²) in [5.41, 5.74) is 0.577. The van der Waals surface area contributed by atoms with Crippen LogP contribution in [0, 0.1) is 0 Å². The molecular weight excluding hydrogens is 459 g/mol. The minimum absolute atomic E-state index is 0. The van der Waals surface area contributed by atoms with Gasteiger partial charge in [0.2, 0.25) is 0 Å². The van der Waals surface area contributed by atoms with Crippen LogP contribution in [-0.2, 0) is 11.3 Å². The van der Waals surface area contributed by atoms with E-state index < -0.39 is 5.60 Å². The molecule has 0 saturated carbocycles. The Morgan fingerprint density at radius 1 is 1.33 bits per heavy atom. The normalized spacial score (nSPS) is 17.1. The molecule has 1 saturated heterocycles. The van der Waals surface area contributed by atoms with E-state index in [1.165, 1.54) is 0 Å². The van der Waals surface area contributed by atoms with Crippen LogP contribution >= 0.6 is 24.0 Å². The zero-order valence-corrected chi connectivity index (χ0v) is 19.1. The van der Waals surface area contributed by atoms with Crippen molar-refractivity contribution in [2.75, 3.05) is 27.2 Å². The van der Waals surface area contributed by atoms with E-state index in [0.29, 0.717) is 13.1 Å². The van der Waals surface area contributed by atoms with E-state index in [0.717, 1.165) is 30.2 Å². The van der Waals surface area contributed by atoms with Crippen LogP contribution in [0.4, 0.5) is 4.79 Å². The van der Waals surface area contributed by atoms with Gasteiger partial charge < -0.3 is 25.0 Å². The summed E-state index contributed by atoms with van der Waals surface area (Å²) in [4.78, 5) is 18.4. The number of carbonyl (C=O) groups is 1. The SMILES string of the molecule is CN=C(NCc1ccccc1OC)N1CCC(NC(=O)OC(C)(C)C)C1.I. The number of para-hydroxylation sites is 1. The van der Waals surface area contributed by atoms with Crippen LogP contribution in [0.3, 0.4) is 0 Å². The summed E-state index contributed by atoms with van der Waals surface area (Å²) in [6, 6.07) is 7.95. The van der Waals surface area contributed by atoms with Gasteiger partial charge in [-0.15, -0.1) is 24.0 Å². The summed E-state index contributed by atoms with van der Waals surface area (Å²) >= 11 is 0. The van der Waals surface area contributed by atoms with Gasteiger partial charge in [0.15, 0.2) is 5.96 Å². The molecule has 0 aliphatic carbocycles. The van der Waals surface area contributed by atoms with E-state index in [9.17, 15) is 4.79 Å². The second kappa shape index (κ2) is 10.6. The molecule has 7 nitrogen and oxygen atoms in total. The highest BCUT2D eigenvalue weighted by atomic mass is 127. The maximum Gasteiger partial charge on any atom is 0.407 e. The number of carbonyl (C=O) groups excluding carboxylic acids is 1. The van der Waals surface area contributed by atoms with E-state index in [-0.39, 0.29) is 36.1 Å². The third kappa shape index (κ3) is 7.43. The number of aliphatic imine (C=N–C) groups is 1. The number of amides is 1. The number of likely N-dealkylation sites (tertiary alicyclic amines) is 1. The van der Waals surface area contributed by atoms with Crippen molar-refractivity contribution in [3.05, 3.63) is 29.8 Å². The predicted octanol–water partition coefficient (Wildman–Crippen LogP) is 2.99. The smallest absolute Gasteiger partial charge is 0.407 e. The Hall–Kier alpha value is -1.71. The molecule has 0 aromatic heterocycles. The molecule has 1 atom stereocenters. The minimum Gasteiger partial charge on any atom is -0.496 e. The number of guanidine groups is 1. The Balaban J connectivity index is 0.00000364. The summed E-state index contributed by atoms with van der Waals surface area (Å²) in [5, 5.41) is 6.30. The number of hydrogen-bond acceptors (Lipinski definition) is 4. The standard InChI is InChI=1S/C19H30N4O3.HI/c1-19(2,3)26-18(24)22-15-10-11-23(13-15)17(20-4)21-12-14-8-6-7-9-16(14)25-5;/h6-9,15H,10-13H2,1-5H3,(H,20,21)(H,22,24);1H. The third-order valence-corrected chi connectivity index (χ3v) is 4.05. The molecule has 1 aromatic carbocycles. The van der Waals surface area contributed by atoms with Crippen LogP contribution in [0.25, 0.3) is 0 Å². The van der Waals surface area contributed by atoms with Crippen molar-refractivity contribution >= 4 is 36.0 Å². The minimum atomic E-state index is -0.491. The number of rotatable bonds is 4. The lowest BCUT2D eigenvalue weighted by molar-refractivity contribution is 0.0507. The Labute approximate surface area is 178 Å². The summed E-state index contributed by atoms with van der Waals surface area (Å²) in [5.74, 6) is 1.66. The molecular formula is C19H31IN4O3. The van der Waals surface area contributed by atoms with Crippen LogP contribution in [0.15, 0.2) is 29.3 Å². The van der Waals surface area contributed by atoms with E-state index >= 15 is 0 Å². The van der Waals surface area contributed by atoms with Gasteiger partial charge in [0.25, 0.3) is 0 Å². The zero-order chi connectivity index (χ0) is 19.2. The number of halogens is 1. The molecule has 1 aromatic rings. The van der Waals surface area contributed by atoms with Gasteiger partial charge in [-0.3, -0.25) is 4.99 Å². The Morgan fingerprint density at radius 3 is 2.67 bits per heavy atom. The van der Waals surface area contributed by atoms with Crippen LogP contribution < -0.4 is 15.4 Å². The van der Waals surface area contributed by atoms with Gasteiger partial charge >= 0.3 is 6.09 Å². The van der Waals surface area contributed by atoms with Gasteiger partial charge in [0, 0.05) is 32.2 Å². The molecule has 1 aliphatic rings. The van der Waals surface area contributed by atoms with E-state index in [4.69, 9.17) is 9.47 Å². The maximum atomic E-state index is 11.9. The number of methoxy groups -OCH3 is 1. The van der Waals surface area contributed by atoms with Crippen molar-refractivity contribution in [2.45, 2.75) is 45.4 Å². The van der Waals surface area contributed by atoms with Crippen molar-refractivity contribution in [3.63, 3.8) is 0 Å². The molecule has 2 N–H and O–H groups in total. The molecule has 1 heterocycles. The first-order valence-corrected chi connectivity index (χ1v) is 8.89. The fraction of sp³-hybridized carbons (Fsp3) is 0.579. The fourth-order valence-corrected chi connectivity index (χ4v) is 2.90. The third-order valence-electron chi connectivity index (χ3n) is 4.05. The van der Waals surface area contributed by atoms with Crippen LogP contribution in [-0.4, -0.2) is 55.8 Å². The van der Waals surface area contributed by atoms with Crippen molar-refractivity contribution in [3.8, 4) is 5.75 Å². The van der Waals surface area contributed by atoms with Crippen molar-refractivity contribution in [1.29, 1.82) is 0 Å². The van der Waals surface area contributed by atoms with Crippen molar-refractivity contribution < 1.29 is 14.3 Å². The predicted molar refractivity (Wildman–Crippen MR) is 118 cm³/mol. The highest BCUT2D eigenvalue weighted by molar-refractivity contribution is 14.0. The van der Waals surface area contributed by atoms with Crippen LogP contribution in [0.2, 0.25) is 0 Å². The molecule has 0 radical (unpaired) electrons. The monoisotopic (exact) mass is 490 g/mol. The molecule has 27 heavy (non-hydrogen) atoms. The zero-order valence-electron chi connectivity index (χ0n) is 16.7. The Bertz CT molecular complexity index is 646. The topological polar surface area (TPSA) is 75.2 Å². The highest BCUT2D eigenvalue weighted by Crippen LogP contribution is 2.17. The van der Waals surface area contributed by atoms with Gasteiger partial charge in [-0.1, -0.05) is 18.2 Å². The van der Waals surface area contributed by atoms with Crippen LogP contribution in [0.1, 0.15) is 32.8 Å². The molecule has 1 fully saturated rings. The number of benzene rings is 1. The summed E-state index contributed by atoms with van der Waals surface area (Å²) in [6.07, 6.45) is 0.482. The average Bonchev–Trinajstić information content (AvgIpc) is 3.02. The lowest BCUT2D eigenvalue weighted by atomic mass is 10.2. The Kier molecular flexibility index (Phi) is 9.14. The molecule has 0 bridgehead atoms. The maximum absolute atomic E-state index is 11.9. The number of nitrogens with one attached hydrogen (secondary N) is 2. The van der Waals surface area contributed by atoms with Crippen LogP contribution in [0.5, 0.6) is 5.75 Å². The molecule has 1 aliphatic heterocycles. The lowest BCUT2D eigenvalue weighted by Gasteiger charge is -2.23. The summed E-state index contributed by atoms with van der Waals surface area (Å²) < 4.78 is 10.7. The summed E-state index contributed by atoms with van der Waals surface area (Å²) in [6.45, 7) is 7.72. The number of hydrogen-bond donors (Lipinski definition) is 2. The molecule has 0 spiro atoms. The number of ether oxygens (including phenoxy) is 2. The molecule has 2 rings (SSSR count). The first-order valence-electron chi connectivity index (χ1n) is 8.89. The number of nitrogens with zero attached hydrogens (tertiary/aromatic N) is 2. The van der Waals surface area contributed by atoms with Gasteiger partial charge in [0.05, 0.1) is 13.2 Å². The summed E-state index contributed by atoms with van der Waals surface area (Å²) in [7, 11) is 3.43. The van der Waals surface area contributed by atoms with E-state index in [1.807, 2.05) is 45.0 Å². The molecule has 1 amide bonds. The fourth-order valence-electron chi connectivity index (χ4n) is 2.90. The first kappa shape index (κ1) is 23.3. The van der Waals surface area contributed by atoms with E-state index in [1.54, 1.807) is 14.2 Å². The lowest BCUT2D eigenvalue weighted by Crippen LogP contribution is -2.44. The molecule has 1 unspecified atom stereocenters. The Morgan fingerprint density at radius 2 is 2.04 bits per heavy atom. The first-order chi connectivity index (χ1) is 12.3. The van der Waals surface area contributed by atoms with Crippen molar-refractivity contribution in [2.24, 2.45) is 4.99 Å².